The molecule has 3 nitrogen and oxygen atoms in total. The summed E-state index contributed by atoms with van der Waals surface area (Å²) in [4.78, 5) is 0. The van der Waals surface area contributed by atoms with Gasteiger partial charge in [-0.2, -0.15) is 11.8 Å². The lowest BCUT2D eigenvalue weighted by molar-refractivity contribution is -0.0959. The molecule has 2 saturated heterocycles. The Morgan fingerprint density at radius 2 is 2.33 bits per heavy atom. The van der Waals surface area contributed by atoms with Crippen LogP contribution in [0.3, 0.4) is 0 Å². The molecule has 1 spiro atoms. The van der Waals surface area contributed by atoms with Crippen molar-refractivity contribution in [3.05, 3.63) is 29.3 Å². The molecule has 3 rings (SSSR count). The zero-order valence-electron chi connectivity index (χ0n) is 12.9. The molecular formula is C17H25NO2S. The molecule has 2 fully saturated rings. The largest absolute Gasteiger partial charge is 0.490 e. The van der Waals surface area contributed by atoms with Crippen LogP contribution in [0.4, 0.5) is 0 Å². The zero-order chi connectivity index (χ0) is 14.9. The average molecular weight is 307 g/mol. The first-order valence-electron chi connectivity index (χ1n) is 7.82. The summed E-state index contributed by atoms with van der Waals surface area (Å²) in [5.74, 6) is 3.33. The number of aryl methyl sites for hydroxylation is 1. The molecule has 3 unspecified atom stereocenters. The topological polar surface area (TPSA) is 44.5 Å². The van der Waals surface area contributed by atoms with E-state index in [0.717, 1.165) is 36.5 Å². The van der Waals surface area contributed by atoms with E-state index in [-0.39, 0.29) is 17.7 Å². The SMILES string of the molecule is Cc1cc(C(C)N)ccc1OC1CCOC2(CCSC2)C1. The Labute approximate surface area is 131 Å². The van der Waals surface area contributed by atoms with Crippen LogP contribution in [0.25, 0.3) is 0 Å². The number of hydrogen-bond donors (Lipinski definition) is 1. The minimum atomic E-state index is 0.0691. The normalized spacial score (nSPS) is 30.5. The Balaban J connectivity index is 1.68. The smallest absolute Gasteiger partial charge is 0.122 e. The van der Waals surface area contributed by atoms with Crippen molar-refractivity contribution in [1.29, 1.82) is 0 Å². The van der Waals surface area contributed by atoms with Gasteiger partial charge < -0.3 is 15.2 Å². The third-order valence-corrected chi connectivity index (χ3v) is 5.76. The van der Waals surface area contributed by atoms with Crippen LogP contribution in [0.2, 0.25) is 0 Å². The number of benzene rings is 1. The first kappa shape index (κ1) is 15.2. The van der Waals surface area contributed by atoms with Gasteiger partial charge in [0.15, 0.2) is 0 Å². The summed E-state index contributed by atoms with van der Waals surface area (Å²) >= 11 is 2.00. The van der Waals surface area contributed by atoms with Crippen LogP contribution in [0.15, 0.2) is 18.2 Å². The average Bonchev–Trinajstić information content (AvgIpc) is 2.89. The van der Waals surface area contributed by atoms with Crippen molar-refractivity contribution < 1.29 is 9.47 Å². The van der Waals surface area contributed by atoms with Crippen molar-refractivity contribution in [2.45, 2.75) is 50.9 Å². The van der Waals surface area contributed by atoms with Gasteiger partial charge in [0.2, 0.25) is 0 Å². The molecule has 0 radical (unpaired) electrons. The monoisotopic (exact) mass is 307 g/mol. The quantitative estimate of drug-likeness (QED) is 0.929. The summed E-state index contributed by atoms with van der Waals surface area (Å²) in [5.41, 5.74) is 8.35. The minimum absolute atomic E-state index is 0.0691. The number of thioether (sulfide) groups is 1. The van der Waals surface area contributed by atoms with Gasteiger partial charge in [0.1, 0.15) is 11.9 Å². The Kier molecular flexibility index (Phi) is 4.48. The van der Waals surface area contributed by atoms with E-state index in [2.05, 4.69) is 25.1 Å². The molecule has 1 aromatic rings. The van der Waals surface area contributed by atoms with Crippen LogP contribution in [0.5, 0.6) is 5.75 Å². The van der Waals surface area contributed by atoms with E-state index in [9.17, 15) is 0 Å². The van der Waals surface area contributed by atoms with E-state index in [1.807, 2.05) is 18.7 Å². The fourth-order valence-electron chi connectivity index (χ4n) is 3.21. The number of hydrogen-bond acceptors (Lipinski definition) is 4. The third-order valence-electron chi connectivity index (χ3n) is 4.53. The summed E-state index contributed by atoms with van der Waals surface area (Å²) in [6, 6.07) is 6.35. The Bertz CT molecular complexity index is 498. The van der Waals surface area contributed by atoms with Crippen LogP contribution >= 0.6 is 11.8 Å². The summed E-state index contributed by atoms with van der Waals surface area (Å²) in [6.45, 7) is 4.93. The molecule has 0 bridgehead atoms. The van der Waals surface area contributed by atoms with Gasteiger partial charge in [0.25, 0.3) is 0 Å². The molecule has 2 aliphatic heterocycles. The van der Waals surface area contributed by atoms with Crippen LogP contribution in [-0.4, -0.2) is 29.8 Å². The van der Waals surface area contributed by atoms with Gasteiger partial charge in [-0.3, -0.25) is 0 Å². The van der Waals surface area contributed by atoms with Crippen molar-refractivity contribution in [2.75, 3.05) is 18.1 Å². The predicted octanol–water partition coefficient (Wildman–Crippen LogP) is 3.45. The van der Waals surface area contributed by atoms with Crippen molar-refractivity contribution in [3.63, 3.8) is 0 Å². The maximum atomic E-state index is 6.28. The maximum absolute atomic E-state index is 6.28. The number of nitrogens with two attached hydrogens (primary N) is 1. The van der Waals surface area contributed by atoms with Gasteiger partial charge in [0.05, 0.1) is 12.2 Å². The molecule has 2 heterocycles. The molecule has 0 aromatic heterocycles. The van der Waals surface area contributed by atoms with Gasteiger partial charge in [-0.05, 0) is 43.2 Å². The molecule has 0 amide bonds. The molecule has 116 valence electrons. The van der Waals surface area contributed by atoms with E-state index in [1.54, 1.807) is 0 Å². The summed E-state index contributed by atoms with van der Waals surface area (Å²) in [7, 11) is 0. The molecular weight excluding hydrogens is 282 g/mol. The molecule has 21 heavy (non-hydrogen) atoms. The zero-order valence-corrected chi connectivity index (χ0v) is 13.7. The van der Waals surface area contributed by atoms with Crippen LogP contribution in [0, 0.1) is 6.92 Å². The number of rotatable bonds is 3. The summed E-state index contributed by atoms with van der Waals surface area (Å²) in [6.07, 6.45) is 3.45. The van der Waals surface area contributed by atoms with Crippen molar-refractivity contribution in [1.82, 2.24) is 0 Å². The molecule has 0 saturated carbocycles. The lowest BCUT2D eigenvalue weighted by atomic mass is 9.91. The van der Waals surface area contributed by atoms with Gasteiger partial charge in [0, 0.05) is 24.6 Å². The van der Waals surface area contributed by atoms with Crippen LogP contribution in [0.1, 0.15) is 43.4 Å². The first-order chi connectivity index (χ1) is 10.1. The standard InChI is InChI=1S/C17H25NO2S/c1-12-9-14(13(2)18)3-4-16(12)20-15-5-7-19-17(10-15)6-8-21-11-17/h3-4,9,13,15H,5-8,10-11,18H2,1-2H3. The highest BCUT2D eigenvalue weighted by atomic mass is 32.2. The van der Waals surface area contributed by atoms with Gasteiger partial charge in [-0.1, -0.05) is 12.1 Å². The highest BCUT2D eigenvalue weighted by Gasteiger charge is 2.41. The van der Waals surface area contributed by atoms with E-state index < -0.39 is 0 Å². The third kappa shape index (κ3) is 3.38. The fourth-order valence-corrected chi connectivity index (χ4v) is 4.59. The number of ether oxygens (including phenoxy) is 2. The molecule has 0 aliphatic carbocycles. The fraction of sp³-hybridized carbons (Fsp3) is 0.647. The predicted molar refractivity (Wildman–Crippen MR) is 88.1 cm³/mol. The van der Waals surface area contributed by atoms with Gasteiger partial charge in [-0.15, -0.1) is 0 Å². The molecule has 3 atom stereocenters. The highest BCUT2D eigenvalue weighted by molar-refractivity contribution is 7.99. The maximum Gasteiger partial charge on any atom is 0.122 e. The van der Waals surface area contributed by atoms with Crippen molar-refractivity contribution in [2.24, 2.45) is 5.73 Å². The van der Waals surface area contributed by atoms with Crippen LogP contribution < -0.4 is 10.5 Å². The van der Waals surface area contributed by atoms with E-state index in [0.29, 0.717) is 0 Å². The second-order valence-electron chi connectivity index (χ2n) is 6.38. The van der Waals surface area contributed by atoms with Crippen molar-refractivity contribution in [3.8, 4) is 5.75 Å². The highest BCUT2D eigenvalue weighted by Crippen LogP contribution is 2.39. The van der Waals surface area contributed by atoms with Crippen molar-refractivity contribution >= 4 is 11.8 Å². The molecule has 2 N–H and O–H groups in total. The Hall–Kier alpha value is -0.710. The second-order valence-corrected chi connectivity index (χ2v) is 7.49. The molecule has 1 aromatic carbocycles. The van der Waals surface area contributed by atoms with E-state index in [1.165, 1.54) is 17.7 Å². The molecule has 4 heteroatoms. The van der Waals surface area contributed by atoms with E-state index in [4.69, 9.17) is 15.2 Å². The molecule has 2 aliphatic rings. The second kappa shape index (κ2) is 6.19. The van der Waals surface area contributed by atoms with Gasteiger partial charge in [-0.25, -0.2) is 0 Å². The first-order valence-corrected chi connectivity index (χ1v) is 8.98. The van der Waals surface area contributed by atoms with Gasteiger partial charge >= 0.3 is 0 Å². The lowest BCUT2D eigenvalue weighted by Crippen LogP contribution is -2.43. The minimum Gasteiger partial charge on any atom is -0.490 e. The Morgan fingerprint density at radius 1 is 1.48 bits per heavy atom. The summed E-state index contributed by atoms with van der Waals surface area (Å²) in [5, 5.41) is 0. The van der Waals surface area contributed by atoms with Crippen LogP contribution in [-0.2, 0) is 4.74 Å². The Morgan fingerprint density at radius 3 is 3.00 bits per heavy atom. The van der Waals surface area contributed by atoms with E-state index >= 15 is 0 Å². The summed E-state index contributed by atoms with van der Waals surface area (Å²) < 4.78 is 12.3. The lowest BCUT2D eigenvalue weighted by Gasteiger charge is -2.37.